The molecule has 0 spiro atoms. The van der Waals surface area contributed by atoms with Crippen LogP contribution in [0.15, 0.2) is 23.1 Å². The third kappa shape index (κ3) is 3.49. The molecule has 0 aliphatic carbocycles. The molecule has 0 aliphatic rings. The first kappa shape index (κ1) is 11.9. The lowest BCUT2D eigenvalue weighted by atomic mass is 10.3. The van der Waals surface area contributed by atoms with Gasteiger partial charge in [-0.15, -0.1) is 0 Å². The molecule has 1 unspecified atom stereocenters. The molecule has 0 fully saturated rings. The lowest BCUT2D eigenvalue weighted by Crippen LogP contribution is -2.33. The molecule has 0 aromatic carbocycles. The van der Waals surface area contributed by atoms with Crippen LogP contribution in [-0.2, 0) is 11.3 Å². The van der Waals surface area contributed by atoms with E-state index in [2.05, 4.69) is 0 Å². The van der Waals surface area contributed by atoms with Gasteiger partial charge in [-0.2, -0.15) is 0 Å². The first-order chi connectivity index (χ1) is 7.17. The Morgan fingerprint density at radius 1 is 1.60 bits per heavy atom. The summed E-state index contributed by atoms with van der Waals surface area (Å²) in [4.78, 5) is 11.6. The van der Waals surface area contributed by atoms with Gasteiger partial charge in [0.05, 0.1) is 12.6 Å². The topological polar surface area (TPSA) is 57.2 Å². The van der Waals surface area contributed by atoms with Crippen LogP contribution in [0.1, 0.15) is 12.5 Å². The maximum atomic E-state index is 11.6. The second-order valence-electron chi connectivity index (χ2n) is 3.51. The van der Waals surface area contributed by atoms with Gasteiger partial charge in [-0.25, -0.2) is 0 Å². The van der Waals surface area contributed by atoms with Gasteiger partial charge in [0, 0.05) is 25.4 Å². The van der Waals surface area contributed by atoms with E-state index >= 15 is 0 Å². The van der Waals surface area contributed by atoms with Crippen molar-refractivity contribution in [3.8, 4) is 0 Å². The van der Waals surface area contributed by atoms with Gasteiger partial charge >= 0.3 is 0 Å². The zero-order valence-electron chi connectivity index (χ0n) is 9.27. The Labute approximate surface area is 89.7 Å². The fourth-order valence-corrected chi connectivity index (χ4v) is 1.41. The molecule has 0 saturated heterocycles. The Morgan fingerprint density at radius 2 is 2.33 bits per heavy atom. The number of rotatable bonds is 5. The molecule has 2 N–H and O–H groups in total. The second kappa shape index (κ2) is 5.68. The number of hydrogen-bond acceptors (Lipinski definition) is 3. The zero-order chi connectivity index (χ0) is 11.3. The number of ether oxygens (including phenoxy) is 1. The van der Waals surface area contributed by atoms with Crippen molar-refractivity contribution in [2.24, 2.45) is 5.73 Å². The molecule has 1 atom stereocenters. The summed E-state index contributed by atoms with van der Waals surface area (Å²) in [5.74, 6) is 0. The SMILES string of the molecule is CCOC(CN)Cn1ccc(C)cc1=O. The number of aryl methyl sites for hydroxylation is 1. The Bertz CT molecular complexity index is 360. The number of nitrogens with zero attached hydrogens (tertiary/aromatic N) is 1. The summed E-state index contributed by atoms with van der Waals surface area (Å²) in [5.41, 5.74) is 6.51. The second-order valence-corrected chi connectivity index (χ2v) is 3.51. The third-order valence-corrected chi connectivity index (χ3v) is 2.22. The number of aromatic nitrogens is 1. The van der Waals surface area contributed by atoms with E-state index in [0.29, 0.717) is 19.7 Å². The summed E-state index contributed by atoms with van der Waals surface area (Å²) in [6.07, 6.45) is 1.69. The Morgan fingerprint density at radius 3 is 2.87 bits per heavy atom. The van der Waals surface area contributed by atoms with E-state index in [-0.39, 0.29) is 11.7 Å². The van der Waals surface area contributed by atoms with Crippen LogP contribution >= 0.6 is 0 Å². The molecule has 0 bridgehead atoms. The van der Waals surface area contributed by atoms with E-state index in [1.165, 1.54) is 0 Å². The van der Waals surface area contributed by atoms with Gasteiger partial charge in [-0.3, -0.25) is 4.79 Å². The van der Waals surface area contributed by atoms with Crippen molar-refractivity contribution in [1.29, 1.82) is 0 Å². The van der Waals surface area contributed by atoms with Gasteiger partial charge in [0.2, 0.25) is 0 Å². The molecule has 0 amide bonds. The summed E-state index contributed by atoms with van der Waals surface area (Å²) in [7, 11) is 0. The molecule has 1 aromatic heterocycles. The van der Waals surface area contributed by atoms with E-state index in [4.69, 9.17) is 10.5 Å². The summed E-state index contributed by atoms with van der Waals surface area (Å²) < 4.78 is 7.02. The molecular formula is C11H18N2O2. The van der Waals surface area contributed by atoms with Crippen molar-refractivity contribution in [1.82, 2.24) is 4.57 Å². The van der Waals surface area contributed by atoms with Crippen LogP contribution in [0.4, 0.5) is 0 Å². The third-order valence-electron chi connectivity index (χ3n) is 2.22. The van der Waals surface area contributed by atoms with Crippen molar-refractivity contribution in [3.05, 3.63) is 34.2 Å². The maximum Gasteiger partial charge on any atom is 0.250 e. The fourth-order valence-electron chi connectivity index (χ4n) is 1.41. The van der Waals surface area contributed by atoms with E-state index in [9.17, 15) is 4.79 Å². The van der Waals surface area contributed by atoms with Gasteiger partial charge in [-0.1, -0.05) is 0 Å². The molecule has 84 valence electrons. The number of hydrogen-bond donors (Lipinski definition) is 1. The van der Waals surface area contributed by atoms with Crippen molar-refractivity contribution < 1.29 is 4.74 Å². The van der Waals surface area contributed by atoms with Gasteiger partial charge in [-0.05, 0) is 25.5 Å². The highest BCUT2D eigenvalue weighted by Gasteiger charge is 2.07. The van der Waals surface area contributed by atoms with Crippen molar-refractivity contribution in [2.45, 2.75) is 26.5 Å². The largest absolute Gasteiger partial charge is 0.375 e. The van der Waals surface area contributed by atoms with Crippen LogP contribution in [-0.4, -0.2) is 23.8 Å². The van der Waals surface area contributed by atoms with Crippen LogP contribution in [0.2, 0.25) is 0 Å². The van der Waals surface area contributed by atoms with Gasteiger partial charge in [0.1, 0.15) is 0 Å². The van der Waals surface area contributed by atoms with Crippen LogP contribution in [0.3, 0.4) is 0 Å². The highest BCUT2D eigenvalue weighted by atomic mass is 16.5. The summed E-state index contributed by atoms with van der Waals surface area (Å²) >= 11 is 0. The maximum absolute atomic E-state index is 11.6. The highest BCUT2D eigenvalue weighted by Crippen LogP contribution is 1.96. The monoisotopic (exact) mass is 210 g/mol. The van der Waals surface area contributed by atoms with Crippen molar-refractivity contribution in [3.63, 3.8) is 0 Å². The lowest BCUT2D eigenvalue weighted by molar-refractivity contribution is 0.0560. The molecule has 4 heteroatoms. The van der Waals surface area contributed by atoms with E-state index in [1.807, 2.05) is 19.9 Å². The zero-order valence-corrected chi connectivity index (χ0v) is 9.27. The van der Waals surface area contributed by atoms with Crippen LogP contribution in [0, 0.1) is 6.92 Å². The van der Waals surface area contributed by atoms with Gasteiger partial charge < -0.3 is 15.0 Å². The summed E-state index contributed by atoms with van der Waals surface area (Å²) in [6, 6.07) is 3.51. The molecular weight excluding hydrogens is 192 g/mol. The molecule has 1 rings (SSSR count). The smallest absolute Gasteiger partial charge is 0.250 e. The quantitative estimate of drug-likeness (QED) is 0.771. The minimum atomic E-state index is -0.0876. The van der Waals surface area contributed by atoms with Crippen LogP contribution in [0.25, 0.3) is 0 Å². The number of pyridine rings is 1. The van der Waals surface area contributed by atoms with E-state index < -0.39 is 0 Å². The minimum absolute atomic E-state index is 0.00634. The predicted octanol–water partition coefficient (Wildman–Crippen LogP) is 0.521. The minimum Gasteiger partial charge on any atom is -0.375 e. The van der Waals surface area contributed by atoms with Gasteiger partial charge in [0.25, 0.3) is 5.56 Å². The highest BCUT2D eigenvalue weighted by molar-refractivity contribution is 5.08. The average molecular weight is 210 g/mol. The van der Waals surface area contributed by atoms with Crippen molar-refractivity contribution in [2.75, 3.05) is 13.2 Å². The fraction of sp³-hybridized carbons (Fsp3) is 0.545. The molecule has 0 saturated carbocycles. The molecule has 4 nitrogen and oxygen atoms in total. The molecule has 0 radical (unpaired) electrons. The first-order valence-corrected chi connectivity index (χ1v) is 5.16. The number of nitrogens with two attached hydrogens (primary N) is 1. The Balaban J connectivity index is 2.75. The molecule has 15 heavy (non-hydrogen) atoms. The first-order valence-electron chi connectivity index (χ1n) is 5.16. The van der Waals surface area contributed by atoms with Gasteiger partial charge in [0.15, 0.2) is 0 Å². The molecule has 1 heterocycles. The Kier molecular flexibility index (Phi) is 4.52. The van der Waals surface area contributed by atoms with E-state index in [1.54, 1.807) is 16.8 Å². The normalized spacial score (nSPS) is 12.7. The standard InChI is InChI=1S/C11H18N2O2/c1-3-15-10(7-12)8-13-5-4-9(2)6-11(13)14/h4-6,10H,3,7-8,12H2,1-2H3. The Hall–Kier alpha value is -1.13. The molecule has 0 aliphatic heterocycles. The molecule has 1 aromatic rings. The summed E-state index contributed by atoms with van der Waals surface area (Å²) in [5, 5.41) is 0. The van der Waals surface area contributed by atoms with Crippen LogP contribution < -0.4 is 11.3 Å². The predicted molar refractivity (Wildman–Crippen MR) is 59.9 cm³/mol. The van der Waals surface area contributed by atoms with Crippen LogP contribution in [0.5, 0.6) is 0 Å². The van der Waals surface area contributed by atoms with E-state index in [0.717, 1.165) is 5.56 Å². The summed E-state index contributed by atoms with van der Waals surface area (Å²) in [6.45, 7) is 5.37. The average Bonchev–Trinajstić information content (AvgIpc) is 2.21. The lowest BCUT2D eigenvalue weighted by Gasteiger charge is -2.16. The van der Waals surface area contributed by atoms with Crippen molar-refractivity contribution >= 4 is 0 Å².